The highest BCUT2D eigenvalue weighted by Crippen LogP contribution is 1.76. The van der Waals surface area contributed by atoms with E-state index < -0.39 is 0 Å². The van der Waals surface area contributed by atoms with Gasteiger partial charge in [0.05, 0.1) is 6.20 Å². The second-order valence-corrected chi connectivity index (χ2v) is 1.08. The van der Waals surface area contributed by atoms with Gasteiger partial charge in [0.2, 0.25) is 0 Å². The third kappa shape index (κ3) is 0.490. The van der Waals surface area contributed by atoms with Gasteiger partial charge in [-0.1, -0.05) is 5.21 Å². The largest absolute Gasteiger partial charge is 0.159 e. The Kier molecular flexibility index (Phi) is 0.759. The van der Waals surface area contributed by atoms with Gasteiger partial charge in [0.25, 0.3) is 0 Å². The van der Waals surface area contributed by atoms with Crippen LogP contribution in [-0.2, 0) is 0 Å². The summed E-state index contributed by atoms with van der Waals surface area (Å²) >= 11 is 5.17. The number of hydrogen-bond acceptors (Lipinski definition) is 2. The number of halogens is 1. The van der Waals surface area contributed by atoms with E-state index in [4.69, 9.17) is 11.8 Å². The molecule has 0 N–H and O–H groups in total. The number of aromatic nitrogens is 3. The molecule has 1 rings (SSSR count). The van der Waals surface area contributed by atoms with Crippen molar-refractivity contribution in [1.29, 1.82) is 0 Å². The molecule has 0 saturated carbocycles. The van der Waals surface area contributed by atoms with E-state index in [-0.39, 0.29) is 0 Å². The minimum atomic E-state index is 1.06. The fraction of sp³-hybridized carbons (Fsp3) is 0. The van der Waals surface area contributed by atoms with Gasteiger partial charge in [-0.25, -0.2) is 0 Å². The maximum absolute atomic E-state index is 5.17. The molecule has 1 radical (unpaired) electrons. The van der Waals surface area contributed by atoms with E-state index >= 15 is 0 Å². The first-order valence-corrected chi connectivity index (χ1v) is 1.68. The van der Waals surface area contributed by atoms with Crippen LogP contribution in [0.2, 0.25) is 0 Å². The fourth-order valence-electron chi connectivity index (χ4n) is 0.168. The summed E-state index contributed by atoms with van der Waals surface area (Å²) in [5.41, 5.74) is 0. The van der Waals surface area contributed by atoms with Crippen molar-refractivity contribution in [2.24, 2.45) is 0 Å². The standard InChI is InChI=1S/C2HClN3/c3-6-2-1-4-5-6/h2H. The number of rotatable bonds is 0. The molecule has 0 saturated heterocycles. The Morgan fingerprint density at radius 1 is 1.83 bits per heavy atom. The van der Waals surface area contributed by atoms with E-state index in [1.165, 1.54) is 6.20 Å². The molecule has 6 heavy (non-hydrogen) atoms. The summed E-state index contributed by atoms with van der Waals surface area (Å²) in [6, 6.07) is 0. The Morgan fingerprint density at radius 3 is 2.83 bits per heavy atom. The monoisotopic (exact) mass is 102 g/mol. The zero-order valence-electron chi connectivity index (χ0n) is 2.80. The van der Waals surface area contributed by atoms with Crippen molar-refractivity contribution < 1.29 is 0 Å². The molecule has 4 heteroatoms. The average Bonchev–Trinajstić information content (AvgIpc) is 1.86. The third-order valence-corrected chi connectivity index (χ3v) is 0.517. The molecule has 0 fully saturated rings. The first-order valence-electron chi connectivity index (χ1n) is 1.34. The van der Waals surface area contributed by atoms with E-state index in [9.17, 15) is 0 Å². The highest BCUT2D eigenvalue weighted by molar-refractivity contribution is 6.14. The first-order chi connectivity index (χ1) is 2.89. The SMILES string of the molecule is Cln1c[c]nn1. The molecule has 1 heterocycles. The van der Waals surface area contributed by atoms with E-state index in [2.05, 4.69) is 16.5 Å². The Morgan fingerprint density at radius 2 is 2.67 bits per heavy atom. The number of hydrogen-bond donors (Lipinski definition) is 0. The van der Waals surface area contributed by atoms with Crippen molar-refractivity contribution in [3.63, 3.8) is 0 Å². The van der Waals surface area contributed by atoms with Crippen LogP contribution in [0.4, 0.5) is 0 Å². The molecule has 0 aliphatic carbocycles. The molecule has 0 atom stereocenters. The van der Waals surface area contributed by atoms with Gasteiger partial charge in [-0.15, -0.1) is 5.10 Å². The van der Waals surface area contributed by atoms with Crippen molar-refractivity contribution >= 4 is 11.8 Å². The molecule has 3 nitrogen and oxygen atoms in total. The quantitative estimate of drug-likeness (QED) is 0.465. The van der Waals surface area contributed by atoms with Gasteiger partial charge in [0, 0.05) is 11.8 Å². The number of nitrogens with zero attached hydrogens (tertiary/aromatic N) is 3. The zero-order valence-corrected chi connectivity index (χ0v) is 3.55. The van der Waals surface area contributed by atoms with E-state index in [0.717, 1.165) is 4.20 Å². The van der Waals surface area contributed by atoms with E-state index in [1.54, 1.807) is 0 Å². The van der Waals surface area contributed by atoms with E-state index in [1.807, 2.05) is 0 Å². The molecule has 1 aromatic rings. The summed E-state index contributed by atoms with van der Waals surface area (Å²) in [5.74, 6) is 0. The highest BCUT2D eigenvalue weighted by Gasteiger charge is 1.75. The van der Waals surface area contributed by atoms with Crippen LogP contribution in [-0.4, -0.2) is 14.5 Å². The molecular formula is C2HClN3. The van der Waals surface area contributed by atoms with Crippen LogP contribution in [0, 0.1) is 6.20 Å². The van der Waals surface area contributed by atoms with Gasteiger partial charge in [0.1, 0.15) is 6.20 Å². The van der Waals surface area contributed by atoms with Gasteiger partial charge in [0.15, 0.2) is 0 Å². The van der Waals surface area contributed by atoms with Crippen LogP contribution in [0.25, 0.3) is 0 Å². The summed E-state index contributed by atoms with van der Waals surface area (Å²) in [6.45, 7) is 0. The minimum absolute atomic E-state index is 1.06. The molecule has 0 spiro atoms. The summed E-state index contributed by atoms with van der Waals surface area (Å²) in [5, 5.41) is 6.57. The van der Waals surface area contributed by atoms with Crippen molar-refractivity contribution in [2.75, 3.05) is 0 Å². The smallest absolute Gasteiger partial charge is 0.136 e. The Bertz CT molecular complexity index is 112. The Balaban J connectivity index is 3.05. The lowest BCUT2D eigenvalue weighted by molar-refractivity contribution is 0.878. The van der Waals surface area contributed by atoms with Crippen LogP contribution in [0.5, 0.6) is 0 Å². The van der Waals surface area contributed by atoms with Crippen LogP contribution in [0.3, 0.4) is 0 Å². The van der Waals surface area contributed by atoms with Crippen LogP contribution in [0.15, 0.2) is 6.20 Å². The topological polar surface area (TPSA) is 30.7 Å². The highest BCUT2D eigenvalue weighted by atomic mass is 35.5. The third-order valence-electron chi connectivity index (χ3n) is 0.352. The summed E-state index contributed by atoms with van der Waals surface area (Å²) < 4.78 is 1.06. The van der Waals surface area contributed by atoms with E-state index in [0.29, 0.717) is 0 Å². The van der Waals surface area contributed by atoms with Gasteiger partial charge >= 0.3 is 0 Å². The summed E-state index contributed by atoms with van der Waals surface area (Å²) in [4.78, 5) is 0. The molecule has 0 aliphatic rings. The van der Waals surface area contributed by atoms with Crippen LogP contribution >= 0.6 is 11.8 Å². The predicted molar refractivity (Wildman–Crippen MR) is 20.1 cm³/mol. The molecule has 0 unspecified atom stereocenters. The molecule has 0 aliphatic heterocycles. The van der Waals surface area contributed by atoms with Crippen molar-refractivity contribution in [1.82, 2.24) is 14.5 Å². The molecule has 0 amide bonds. The molecule has 1 aromatic heterocycles. The van der Waals surface area contributed by atoms with Crippen LogP contribution < -0.4 is 0 Å². The van der Waals surface area contributed by atoms with Crippen molar-refractivity contribution in [3.8, 4) is 0 Å². The maximum atomic E-state index is 5.17. The van der Waals surface area contributed by atoms with Gasteiger partial charge < -0.3 is 0 Å². The summed E-state index contributed by atoms with van der Waals surface area (Å²) in [6.07, 6.45) is 3.82. The average molecular weight is 103 g/mol. The fourth-order valence-corrected chi connectivity index (χ4v) is 0.245. The Hall–Kier alpha value is -0.570. The predicted octanol–water partition coefficient (Wildman–Crippen LogP) is 0.0802. The van der Waals surface area contributed by atoms with Gasteiger partial charge in [-0.05, 0) is 0 Å². The molecule has 0 aromatic carbocycles. The molecule has 31 valence electrons. The van der Waals surface area contributed by atoms with Gasteiger partial charge in [-0.2, -0.15) is 4.20 Å². The zero-order chi connectivity index (χ0) is 4.41. The summed E-state index contributed by atoms with van der Waals surface area (Å²) in [7, 11) is 0. The van der Waals surface area contributed by atoms with Crippen molar-refractivity contribution in [2.45, 2.75) is 0 Å². The molecule has 0 bridgehead atoms. The van der Waals surface area contributed by atoms with Crippen molar-refractivity contribution in [3.05, 3.63) is 12.4 Å². The second-order valence-electron chi connectivity index (χ2n) is 0.736. The molecular weight excluding hydrogens is 101 g/mol. The lowest BCUT2D eigenvalue weighted by Crippen LogP contribution is -1.76. The first kappa shape index (κ1) is 3.61. The Labute approximate surface area is 39.6 Å². The lowest BCUT2D eigenvalue weighted by atomic mass is 11.0. The lowest BCUT2D eigenvalue weighted by Gasteiger charge is -1.68. The van der Waals surface area contributed by atoms with Crippen LogP contribution in [0.1, 0.15) is 0 Å². The van der Waals surface area contributed by atoms with Gasteiger partial charge in [-0.3, -0.25) is 0 Å². The maximum Gasteiger partial charge on any atom is 0.136 e. The minimum Gasteiger partial charge on any atom is -0.159 e. The normalized spacial score (nSPS) is 8.83. The second kappa shape index (κ2) is 1.26.